The number of amides is 6. The van der Waals surface area contributed by atoms with Gasteiger partial charge in [-0.05, 0) is 18.8 Å². The fourth-order valence-electron chi connectivity index (χ4n) is 3.13. The molecule has 10 nitrogen and oxygen atoms in total. The van der Waals surface area contributed by atoms with Gasteiger partial charge in [0.05, 0.1) is 0 Å². The molecular weight excluding hydrogens is 332 g/mol. The van der Waals surface area contributed by atoms with Gasteiger partial charge in [0.1, 0.15) is 12.1 Å². The third-order valence-electron chi connectivity index (χ3n) is 4.36. The lowest BCUT2D eigenvalue weighted by Gasteiger charge is -2.22. The van der Waals surface area contributed by atoms with Crippen LogP contribution in [-0.4, -0.2) is 52.9 Å². The number of esters is 1. The number of imide groups is 2. The number of nitrogens with two attached hydrogens (primary N) is 1. The zero-order valence-electron chi connectivity index (χ0n) is 14.2. The Morgan fingerprint density at radius 3 is 2.40 bits per heavy atom. The van der Waals surface area contributed by atoms with Gasteiger partial charge in [-0.1, -0.05) is 26.7 Å². The van der Waals surface area contributed by atoms with Crippen molar-refractivity contribution < 1.29 is 28.7 Å². The molecule has 138 valence electrons. The summed E-state index contributed by atoms with van der Waals surface area (Å²) in [5.41, 5.74) is 3.96. The van der Waals surface area contributed by atoms with Gasteiger partial charge in [0.2, 0.25) is 0 Å². The lowest BCUT2D eigenvalue weighted by atomic mass is 9.98. The topological polar surface area (TPSA) is 148 Å². The standard InChI is InChI=1S/C15H22N4O6/c1-8(2)10(11(21)17-13(16)23)25-9(20)7-19-12(22)15(18-14(19)24)5-3-4-6-15/h8,10H,3-7H2,1-2H3,(H,18,24)(H3,16,17,21,23)/t10-/m1/s1. The molecule has 2 rings (SSSR count). The largest absolute Gasteiger partial charge is 0.451 e. The van der Waals surface area contributed by atoms with E-state index in [0.29, 0.717) is 12.8 Å². The molecule has 1 atom stereocenters. The molecule has 1 aliphatic carbocycles. The number of primary amides is 1. The van der Waals surface area contributed by atoms with E-state index in [9.17, 15) is 24.0 Å². The highest BCUT2D eigenvalue weighted by Crippen LogP contribution is 2.34. The van der Waals surface area contributed by atoms with Crippen molar-refractivity contribution in [2.75, 3.05) is 6.54 Å². The molecule has 10 heteroatoms. The number of nitrogens with zero attached hydrogens (tertiary/aromatic N) is 1. The first kappa shape index (κ1) is 18.7. The number of carbonyl (C=O) groups is 5. The lowest BCUT2D eigenvalue weighted by Crippen LogP contribution is -2.47. The molecule has 2 fully saturated rings. The van der Waals surface area contributed by atoms with Crippen molar-refractivity contribution in [1.82, 2.24) is 15.5 Å². The molecule has 6 amide bonds. The van der Waals surface area contributed by atoms with Gasteiger partial charge in [0.25, 0.3) is 11.8 Å². The van der Waals surface area contributed by atoms with Crippen LogP contribution < -0.4 is 16.4 Å². The summed E-state index contributed by atoms with van der Waals surface area (Å²) >= 11 is 0. The fourth-order valence-corrected chi connectivity index (χ4v) is 3.13. The van der Waals surface area contributed by atoms with Crippen LogP contribution in [0.3, 0.4) is 0 Å². The molecule has 1 spiro atoms. The van der Waals surface area contributed by atoms with Crippen LogP contribution in [0.2, 0.25) is 0 Å². The van der Waals surface area contributed by atoms with Crippen LogP contribution in [0.4, 0.5) is 9.59 Å². The smallest absolute Gasteiger partial charge is 0.327 e. The maximum Gasteiger partial charge on any atom is 0.327 e. The molecule has 0 bridgehead atoms. The van der Waals surface area contributed by atoms with Crippen molar-refractivity contribution in [3.63, 3.8) is 0 Å². The summed E-state index contributed by atoms with van der Waals surface area (Å²) in [5, 5.41) is 4.49. The Bertz CT molecular complexity index is 611. The first-order valence-electron chi connectivity index (χ1n) is 8.10. The summed E-state index contributed by atoms with van der Waals surface area (Å²) in [7, 11) is 0. The molecular formula is C15H22N4O6. The number of hydrogen-bond acceptors (Lipinski definition) is 6. The van der Waals surface area contributed by atoms with E-state index in [1.807, 2.05) is 5.32 Å². The summed E-state index contributed by atoms with van der Waals surface area (Å²) in [6.45, 7) is 2.62. The Morgan fingerprint density at radius 1 is 1.28 bits per heavy atom. The van der Waals surface area contributed by atoms with Gasteiger partial charge in [-0.25, -0.2) is 9.59 Å². The van der Waals surface area contributed by atoms with Crippen molar-refractivity contribution in [3.05, 3.63) is 0 Å². The molecule has 0 unspecified atom stereocenters. The maximum absolute atomic E-state index is 12.5. The highest BCUT2D eigenvalue weighted by Gasteiger charge is 2.53. The highest BCUT2D eigenvalue weighted by molar-refractivity contribution is 6.09. The van der Waals surface area contributed by atoms with E-state index in [2.05, 4.69) is 5.32 Å². The summed E-state index contributed by atoms with van der Waals surface area (Å²) in [6, 6.07) is -1.71. The predicted octanol–water partition coefficient (Wildman–Crippen LogP) is -0.386. The van der Waals surface area contributed by atoms with Crippen LogP contribution in [-0.2, 0) is 19.1 Å². The molecule has 1 heterocycles. The minimum Gasteiger partial charge on any atom is -0.451 e. The lowest BCUT2D eigenvalue weighted by molar-refractivity contribution is -0.159. The monoisotopic (exact) mass is 354 g/mol. The van der Waals surface area contributed by atoms with Gasteiger partial charge in [-0.2, -0.15) is 0 Å². The molecule has 25 heavy (non-hydrogen) atoms. The average molecular weight is 354 g/mol. The van der Waals surface area contributed by atoms with Gasteiger partial charge >= 0.3 is 18.0 Å². The second-order valence-electron chi connectivity index (χ2n) is 6.62. The van der Waals surface area contributed by atoms with E-state index in [4.69, 9.17) is 10.5 Å². The molecule has 0 aromatic rings. The van der Waals surface area contributed by atoms with Crippen LogP contribution in [0.5, 0.6) is 0 Å². The minimum absolute atomic E-state index is 0.437. The van der Waals surface area contributed by atoms with E-state index in [1.165, 1.54) is 0 Å². The number of nitrogens with one attached hydrogen (secondary N) is 2. The van der Waals surface area contributed by atoms with E-state index in [1.54, 1.807) is 13.8 Å². The van der Waals surface area contributed by atoms with E-state index in [0.717, 1.165) is 17.7 Å². The van der Waals surface area contributed by atoms with E-state index >= 15 is 0 Å². The summed E-state index contributed by atoms with van der Waals surface area (Å²) in [6.07, 6.45) is 1.47. The minimum atomic E-state index is -1.26. The molecule has 0 radical (unpaired) electrons. The van der Waals surface area contributed by atoms with Crippen LogP contribution in [0.15, 0.2) is 0 Å². The Balaban J connectivity index is 2.01. The van der Waals surface area contributed by atoms with Crippen molar-refractivity contribution >= 4 is 29.8 Å². The number of rotatable bonds is 5. The van der Waals surface area contributed by atoms with Gasteiger partial charge in [0, 0.05) is 0 Å². The third kappa shape index (κ3) is 3.89. The number of carbonyl (C=O) groups excluding carboxylic acids is 5. The molecule has 4 N–H and O–H groups in total. The van der Waals surface area contributed by atoms with Gasteiger partial charge in [-0.15, -0.1) is 0 Å². The number of ether oxygens (including phenoxy) is 1. The molecule has 0 aromatic heterocycles. The van der Waals surface area contributed by atoms with Crippen molar-refractivity contribution in [2.45, 2.75) is 51.2 Å². The summed E-state index contributed by atoms with van der Waals surface area (Å²) in [4.78, 5) is 60.0. The van der Waals surface area contributed by atoms with Gasteiger partial charge < -0.3 is 15.8 Å². The predicted molar refractivity (Wildman–Crippen MR) is 83.9 cm³/mol. The van der Waals surface area contributed by atoms with Crippen LogP contribution in [0.1, 0.15) is 39.5 Å². The molecule has 0 aromatic carbocycles. The molecule has 1 saturated heterocycles. The van der Waals surface area contributed by atoms with Crippen LogP contribution >= 0.6 is 0 Å². The second kappa shape index (κ2) is 7.08. The Labute approximate surface area is 144 Å². The summed E-state index contributed by atoms with van der Waals surface area (Å²) in [5.74, 6) is -2.67. The maximum atomic E-state index is 12.5. The number of urea groups is 2. The van der Waals surface area contributed by atoms with E-state index in [-0.39, 0.29) is 0 Å². The first-order valence-corrected chi connectivity index (χ1v) is 8.10. The zero-order valence-corrected chi connectivity index (χ0v) is 14.2. The number of hydrogen-bond donors (Lipinski definition) is 3. The normalized spacial score (nSPS) is 19.9. The van der Waals surface area contributed by atoms with Crippen molar-refractivity contribution in [2.24, 2.45) is 11.7 Å². The highest BCUT2D eigenvalue weighted by atomic mass is 16.5. The Morgan fingerprint density at radius 2 is 1.88 bits per heavy atom. The van der Waals surface area contributed by atoms with Crippen LogP contribution in [0.25, 0.3) is 0 Å². The van der Waals surface area contributed by atoms with Gasteiger partial charge in [0.15, 0.2) is 6.10 Å². The van der Waals surface area contributed by atoms with Gasteiger partial charge in [-0.3, -0.25) is 24.6 Å². The second-order valence-corrected chi connectivity index (χ2v) is 6.62. The van der Waals surface area contributed by atoms with E-state index < -0.39 is 54.0 Å². The van der Waals surface area contributed by atoms with Crippen LogP contribution in [0, 0.1) is 5.92 Å². The summed E-state index contributed by atoms with van der Waals surface area (Å²) < 4.78 is 5.05. The third-order valence-corrected chi connectivity index (χ3v) is 4.36. The SMILES string of the molecule is CC(C)[C@@H](OC(=O)CN1C(=O)NC2(CCCC2)C1=O)C(=O)NC(N)=O. The average Bonchev–Trinajstić information content (AvgIpc) is 3.05. The molecule has 2 aliphatic rings. The molecule has 1 saturated carbocycles. The Kier molecular flexibility index (Phi) is 5.29. The van der Waals surface area contributed by atoms with Crippen molar-refractivity contribution in [3.8, 4) is 0 Å². The first-order chi connectivity index (χ1) is 11.7. The zero-order chi connectivity index (χ0) is 18.8. The van der Waals surface area contributed by atoms with Crippen molar-refractivity contribution in [1.29, 1.82) is 0 Å². The quantitative estimate of drug-likeness (QED) is 0.452. The molecule has 1 aliphatic heterocycles. The Hall–Kier alpha value is -2.65. The fraction of sp³-hybridized carbons (Fsp3) is 0.667.